The highest BCUT2D eigenvalue weighted by Crippen LogP contribution is 2.49. The molecule has 4 aliphatic heterocycles. The first-order valence-electron chi connectivity index (χ1n) is 13.9. The quantitative estimate of drug-likeness (QED) is 0.417. The largest absolute Gasteiger partial charge is 0.493 e. The second-order valence-corrected chi connectivity index (χ2v) is 11.2. The lowest BCUT2D eigenvalue weighted by molar-refractivity contribution is -0.254. The molecular formula is C31H32O11. The van der Waals surface area contributed by atoms with Crippen LogP contribution in [-0.4, -0.2) is 80.1 Å². The number of aliphatic hydroxyl groups excluding tert-OH is 2. The molecule has 3 aromatic carbocycles. The summed E-state index contributed by atoms with van der Waals surface area (Å²) in [5.41, 5.74) is 3.39. The van der Waals surface area contributed by atoms with E-state index < -0.39 is 42.5 Å². The van der Waals surface area contributed by atoms with E-state index in [-0.39, 0.29) is 19.0 Å². The van der Waals surface area contributed by atoms with Crippen LogP contribution in [0.4, 0.5) is 0 Å². The number of benzene rings is 3. The first-order valence-corrected chi connectivity index (χ1v) is 13.9. The Hall–Kier alpha value is -3.61. The van der Waals surface area contributed by atoms with Crippen molar-refractivity contribution < 1.29 is 52.9 Å². The van der Waals surface area contributed by atoms with Gasteiger partial charge in [-0.25, -0.2) is 4.79 Å². The van der Waals surface area contributed by atoms with Gasteiger partial charge in [0.2, 0.25) is 6.29 Å². The summed E-state index contributed by atoms with van der Waals surface area (Å²) in [6, 6.07) is 9.42. The van der Waals surface area contributed by atoms with Crippen LogP contribution in [0.1, 0.15) is 35.3 Å². The zero-order valence-electron chi connectivity index (χ0n) is 23.7. The molecule has 11 heteroatoms. The average molecular weight is 581 g/mol. The van der Waals surface area contributed by atoms with E-state index in [0.29, 0.717) is 45.6 Å². The van der Waals surface area contributed by atoms with Crippen LogP contribution >= 0.6 is 0 Å². The number of aliphatic hydroxyl groups is 2. The van der Waals surface area contributed by atoms with Crippen LogP contribution in [0, 0.1) is 0 Å². The van der Waals surface area contributed by atoms with Crippen molar-refractivity contribution in [2.45, 2.75) is 63.4 Å². The van der Waals surface area contributed by atoms with Gasteiger partial charge in [0.1, 0.15) is 42.5 Å². The third-order valence-corrected chi connectivity index (χ3v) is 8.26. The zero-order valence-corrected chi connectivity index (χ0v) is 23.7. The van der Waals surface area contributed by atoms with Crippen molar-refractivity contribution in [3.05, 3.63) is 47.0 Å². The summed E-state index contributed by atoms with van der Waals surface area (Å²) in [6.45, 7) is 3.65. The van der Waals surface area contributed by atoms with Gasteiger partial charge in [0.25, 0.3) is 0 Å². The molecule has 2 saturated heterocycles. The van der Waals surface area contributed by atoms with Crippen LogP contribution in [0.3, 0.4) is 0 Å². The summed E-state index contributed by atoms with van der Waals surface area (Å²) in [5.74, 6) is 0.541. The molecule has 42 heavy (non-hydrogen) atoms. The number of cyclic esters (lactones) is 1. The third kappa shape index (κ3) is 4.18. The highest BCUT2D eigenvalue weighted by atomic mass is 16.8. The summed E-state index contributed by atoms with van der Waals surface area (Å²) in [7, 11) is 3.07. The number of esters is 1. The van der Waals surface area contributed by atoms with Crippen molar-refractivity contribution in [3.8, 4) is 34.1 Å². The van der Waals surface area contributed by atoms with Crippen LogP contribution < -0.4 is 18.9 Å². The van der Waals surface area contributed by atoms with Gasteiger partial charge >= 0.3 is 5.97 Å². The van der Waals surface area contributed by atoms with Crippen molar-refractivity contribution in [2.75, 3.05) is 27.4 Å². The standard InChI is InChI=1S/C31H32O11/c1-31(2)41-27-22(12-32)39-30(25(33)28(27)42-31)40-26-17-11-21(36-4)20(35-3)10-16(17)23(24-18(26)13-38-29(24)34)15-5-6-19-14(9-15)7-8-37-19/h5-6,9-11,22,25,27-28,30,32-33H,7-8,12-13H2,1-4H3. The second-order valence-electron chi connectivity index (χ2n) is 11.2. The number of hydrogen-bond donors (Lipinski definition) is 2. The maximum Gasteiger partial charge on any atom is 0.339 e. The first-order chi connectivity index (χ1) is 20.2. The van der Waals surface area contributed by atoms with Gasteiger partial charge in [0, 0.05) is 22.9 Å². The van der Waals surface area contributed by atoms with Gasteiger partial charge in [-0.3, -0.25) is 0 Å². The molecular weight excluding hydrogens is 548 g/mol. The van der Waals surface area contributed by atoms with Gasteiger partial charge in [-0.05, 0) is 54.6 Å². The highest BCUT2D eigenvalue weighted by Gasteiger charge is 2.55. The van der Waals surface area contributed by atoms with Gasteiger partial charge in [-0.1, -0.05) is 6.07 Å². The minimum absolute atomic E-state index is 0.0419. The molecule has 5 unspecified atom stereocenters. The van der Waals surface area contributed by atoms with E-state index in [4.69, 9.17) is 37.9 Å². The maximum absolute atomic E-state index is 13.3. The number of methoxy groups -OCH3 is 2. The minimum atomic E-state index is -1.26. The minimum Gasteiger partial charge on any atom is -0.493 e. The lowest BCUT2D eigenvalue weighted by Crippen LogP contribution is -2.58. The number of rotatable bonds is 6. The van der Waals surface area contributed by atoms with E-state index in [2.05, 4.69) is 0 Å². The molecule has 0 radical (unpaired) electrons. The lowest BCUT2D eigenvalue weighted by atomic mass is 9.88. The maximum atomic E-state index is 13.3. The number of fused-ring (bicyclic) bond motifs is 4. The Balaban J connectivity index is 1.42. The molecule has 222 valence electrons. The molecule has 7 rings (SSSR count). The number of carbonyl (C=O) groups excluding carboxylic acids is 1. The monoisotopic (exact) mass is 580 g/mol. The van der Waals surface area contributed by atoms with Crippen LogP contribution in [0.5, 0.6) is 23.0 Å². The Kier molecular flexibility index (Phi) is 6.48. The normalized spacial score (nSPS) is 27.2. The molecule has 0 spiro atoms. The van der Waals surface area contributed by atoms with Crippen molar-refractivity contribution in [1.82, 2.24) is 0 Å². The molecule has 3 aromatic rings. The molecule has 0 amide bonds. The van der Waals surface area contributed by atoms with Crippen LogP contribution in [0.15, 0.2) is 30.3 Å². The summed E-state index contributed by atoms with van der Waals surface area (Å²) in [5, 5.41) is 22.7. The Morgan fingerprint density at radius 3 is 2.45 bits per heavy atom. The van der Waals surface area contributed by atoms with Crippen LogP contribution in [0.25, 0.3) is 21.9 Å². The van der Waals surface area contributed by atoms with E-state index in [9.17, 15) is 15.0 Å². The Morgan fingerprint density at radius 1 is 0.976 bits per heavy atom. The number of hydrogen-bond acceptors (Lipinski definition) is 11. The first kappa shape index (κ1) is 27.2. The van der Waals surface area contributed by atoms with Gasteiger partial charge < -0.3 is 48.1 Å². The van der Waals surface area contributed by atoms with Gasteiger partial charge in [-0.15, -0.1) is 0 Å². The SMILES string of the molecule is COc1cc2c(OC3OC(CO)C4OC(C)(C)OC4C3O)c3c(c(-c4ccc5c(c4)CCO5)c2cc1OC)C(=O)OC3. The van der Waals surface area contributed by atoms with E-state index >= 15 is 0 Å². The van der Waals surface area contributed by atoms with Crippen molar-refractivity contribution in [1.29, 1.82) is 0 Å². The highest BCUT2D eigenvalue weighted by molar-refractivity contribution is 6.14. The predicted octanol–water partition coefficient (Wildman–Crippen LogP) is 3.11. The van der Waals surface area contributed by atoms with Crippen molar-refractivity contribution in [2.24, 2.45) is 0 Å². The van der Waals surface area contributed by atoms with Crippen LogP contribution in [-0.2, 0) is 32.0 Å². The van der Waals surface area contributed by atoms with Crippen molar-refractivity contribution >= 4 is 16.7 Å². The predicted molar refractivity (Wildman–Crippen MR) is 147 cm³/mol. The van der Waals surface area contributed by atoms with E-state index in [1.54, 1.807) is 26.0 Å². The molecule has 2 N–H and O–H groups in total. The second kappa shape index (κ2) is 9.99. The third-order valence-electron chi connectivity index (χ3n) is 8.26. The Labute approximate surface area is 241 Å². The number of carbonyl (C=O) groups is 1. The summed E-state index contributed by atoms with van der Waals surface area (Å²) >= 11 is 0. The molecule has 0 aromatic heterocycles. The van der Waals surface area contributed by atoms with Crippen molar-refractivity contribution in [3.63, 3.8) is 0 Å². The average Bonchev–Trinajstić information content (AvgIpc) is 3.70. The van der Waals surface area contributed by atoms with Crippen LogP contribution in [0.2, 0.25) is 0 Å². The molecule has 4 heterocycles. The molecule has 2 fully saturated rings. The molecule has 0 bridgehead atoms. The summed E-state index contributed by atoms with van der Waals surface area (Å²) in [6.07, 6.45) is -4.07. The fraction of sp³-hybridized carbons (Fsp3) is 0.452. The molecule has 11 nitrogen and oxygen atoms in total. The zero-order chi connectivity index (χ0) is 29.3. The van der Waals surface area contributed by atoms with Gasteiger partial charge in [0.05, 0.1) is 33.0 Å². The summed E-state index contributed by atoms with van der Waals surface area (Å²) in [4.78, 5) is 13.3. The summed E-state index contributed by atoms with van der Waals surface area (Å²) < 4.78 is 46.9. The molecule has 0 saturated carbocycles. The van der Waals surface area contributed by atoms with E-state index in [0.717, 1.165) is 23.3 Å². The Bertz CT molecular complexity index is 1580. The van der Waals surface area contributed by atoms with E-state index in [1.807, 2.05) is 18.2 Å². The van der Waals surface area contributed by atoms with E-state index in [1.165, 1.54) is 14.2 Å². The lowest BCUT2D eigenvalue weighted by Gasteiger charge is -2.39. The molecule has 0 aliphatic carbocycles. The van der Waals surface area contributed by atoms with Gasteiger partial charge in [0.15, 0.2) is 17.3 Å². The topological polar surface area (TPSA) is 131 Å². The number of ether oxygens (including phenoxy) is 8. The molecule has 4 aliphatic rings. The smallest absolute Gasteiger partial charge is 0.339 e. The fourth-order valence-corrected chi connectivity index (χ4v) is 6.40. The molecule has 5 atom stereocenters. The van der Waals surface area contributed by atoms with Gasteiger partial charge in [-0.2, -0.15) is 0 Å². The Morgan fingerprint density at radius 2 is 1.71 bits per heavy atom. The fourth-order valence-electron chi connectivity index (χ4n) is 6.40.